The van der Waals surface area contributed by atoms with E-state index in [4.69, 9.17) is 4.74 Å². The molecule has 1 aliphatic rings. The van der Waals surface area contributed by atoms with E-state index in [2.05, 4.69) is 10.1 Å². The SMILES string of the molecule is c1cc2nn3c(c2cn1)OCCCC3. The van der Waals surface area contributed by atoms with Crippen molar-refractivity contribution in [3.63, 3.8) is 0 Å². The number of aromatic nitrogens is 3. The van der Waals surface area contributed by atoms with Crippen LogP contribution in [0.1, 0.15) is 12.8 Å². The van der Waals surface area contributed by atoms with E-state index in [0.29, 0.717) is 0 Å². The van der Waals surface area contributed by atoms with Crippen LogP contribution in [0.5, 0.6) is 5.88 Å². The Morgan fingerprint density at radius 1 is 1.36 bits per heavy atom. The van der Waals surface area contributed by atoms with Crippen molar-refractivity contribution in [1.29, 1.82) is 0 Å². The molecule has 0 bridgehead atoms. The van der Waals surface area contributed by atoms with E-state index in [0.717, 1.165) is 42.8 Å². The van der Waals surface area contributed by atoms with Gasteiger partial charge in [-0.25, -0.2) is 4.68 Å². The number of pyridine rings is 1. The Balaban J connectivity index is 2.24. The van der Waals surface area contributed by atoms with Gasteiger partial charge in [-0.2, -0.15) is 5.10 Å². The molecule has 72 valence electrons. The first-order chi connectivity index (χ1) is 6.95. The average Bonchev–Trinajstić information content (AvgIpc) is 2.42. The van der Waals surface area contributed by atoms with Crippen molar-refractivity contribution in [2.45, 2.75) is 19.4 Å². The second kappa shape index (κ2) is 2.97. The molecule has 4 nitrogen and oxygen atoms in total. The lowest BCUT2D eigenvalue weighted by Crippen LogP contribution is -1.99. The van der Waals surface area contributed by atoms with Gasteiger partial charge in [-0.15, -0.1) is 0 Å². The normalized spacial score (nSPS) is 16.0. The second-order valence-electron chi connectivity index (χ2n) is 3.48. The highest BCUT2D eigenvalue weighted by Crippen LogP contribution is 2.26. The number of nitrogens with zero attached hydrogens (tertiary/aromatic N) is 3. The summed E-state index contributed by atoms with van der Waals surface area (Å²) in [5.74, 6) is 0.880. The van der Waals surface area contributed by atoms with Gasteiger partial charge in [-0.3, -0.25) is 4.98 Å². The monoisotopic (exact) mass is 189 g/mol. The Morgan fingerprint density at radius 3 is 3.36 bits per heavy atom. The maximum absolute atomic E-state index is 5.66. The maximum Gasteiger partial charge on any atom is 0.221 e. The summed E-state index contributed by atoms with van der Waals surface area (Å²) in [5, 5.41) is 5.49. The Morgan fingerprint density at radius 2 is 2.36 bits per heavy atom. The molecule has 0 aromatic carbocycles. The number of rotatable bonds is 0. The molecule has 0 amide bonds. The highest BCUT2D eigenvalue weighted by Gasteiger charge is 2.14. The molecule has 2 aromatic rings. The van der Waals surface area contributed by atoms with E-state index >= 15 is 0 Å². The van der Waals surface area contributed by atoms with Gasteiger partial charge in [0, 0.05) is 18.9 Å². The van der Waals surface area contributed by atoms with Crippen LogP contribution in [-0.2, 0) is 6.54 Å². The molecule has 0 aliphatic carbocycles. The average molecular weight is 189 g/mol. The largest absolute Gasteiger partial charge is 0.477 e. The van der Waals surface area contributed by atoms with Gasteiger partial charge < -0.3 is 4.74 Å². The van der Waals surface area contributed by atoms with Gasteiger partial charge in [0.05, 0.1) is 17.5 Å². The van der Waals surface area contributed by atoms with Crippen molar-refractivity contribution in [3.8, 4) is 5.88 Å². The summed E-state index contributed by atoms with van der Waals surface area (Å²) in [5.41, 5.74) is 0.969. The molecule has 0 unspecified atom stereocenters. The quantitative estimate of drug-likeness (QED) is 0.632. The summed E-state index contributed by atoms with van der Waals surface area (Å²) >= 11 is 0. The summed E-state index contributed by atoms with van der Waals surface area (Å²) in [6.07, 6.45) is 5.81. The molecular formula is C10H11N3O. The summed E-state index contributed by atoms with van der Waals surface area (Å²) in [6.45, 7) is 1.74. The predicted molar refractivity (Wildman–Crippen MR) is 52.3 cm³/mol. The van der Waals surface area contributed by atoms with Crippen LogP contribution in [-0.4, -0.2) is 21.4 Å². The van der Waals surface area contributed by atoms with Crippen molar-refractivity contribution in [2.75, 3.05) is 6.61 Å². The molecule has 0 saturated heterocycles. The van der Waals surface area contributed by atoms with Gasteiger partial charge in [-0.05, 0) is 18.9 Å². The van der Waals surface area contributed by atoms with E-state index < -0.39 is 0 Å². The minimum absolute atomic E-state index is 0.787. The number of ether oxygens (including phenoxy) is 1. The molecule has 3 heterocycles. The van der Waals surface area contributed by atoms with Crippen molar-refractivity contribution in [3.05, 3.63) is 18.5 Å². The zero-order chi connectivity index (χ0) is 9.38. The summed E-state index contributed by atoms with van der Waals surface area (Å²) in [6, 6.07) is 1.92. The number of aryl methyl sites for hydroxylation is 1. The molecule has 0 atom stereocenters. The molecule has 0 saturated carbocycles. The Hall–Kier alpha value is -1.58. The van der Waals surface area contributed by atoms with E-state index in [1.807, 2.05) is 16.9 Å². The minimum Gasteiger partial charge on any atom is -0.477 e. The second-order valence-corrected chi connectivity index (χ2v) is 3.48. The van der Waals surface area contributed by atoms with Crippen LogP contribution in [0.2, 0.25) is 0 Å². The molecule has 3 rings (SSSR count). The molecule has 0 radical (unpaired) electrons. The molecular weight excluding hydrogens is 178 g/mol. The Labute approximate surface area is 81.5 Å². The molecule has 0 fully saturated rings. The minimum atomic E-state index is 0.787. The molecule has 0 N–H and O–H groups in total. The third-order valence-electron chi connectivity index (χ3n) is 2.49. The van der Waals surface area contributed by atoms with Crippen molar-refractivity contribution in [1.82, 2.24) is 14.8 Å². The Bertz CT molecular complexity index is 463. The Kier molecular flexibility index (Phi) is 1.65. The smallest absolute Gasteiger partial charge is 0.221 e. The lowest BCUT2D eigenvalue weighted by molar-refractivity contribution is 0.307. The first kappa shape index (κ1) is 7.79. The van der Waals surface area contributed by atoms with Crippen LogP contribution >= 0.6 is 0 Å². The fourth-order valence-corrected chi connectivity index (χ4v) is 1.79. The molecule has 2 aromatic heterocycles. The molecule has 14 heavy (non-hydrogen) atoms. The van der Waals surface area contributed by atoms with Gasteiger partial charge in [-0.1, -0.05) is 0 Å². The lowest BCUT2D eigenvalue weighted by Gasteiger charge is -2.01. The zero-order valence-corrected chi connectivity index (χ0v) is 7.81. The number of hydrogen-bond acceptors (Lipinski definition) is 3. The topological polar surface area (TPSA) is 39.9 Å². The van der Waals surface area contributed by atoms with E-state index in [9.17, 15) is 0 Å². The van der Waals surface area contributed by atoms with Crippen molar-refractivity contribution < 1.29 is 4.74 Å². The van der Waals surface area contributed by atoms with Crippen LogP contribution in [0.15, 0.2) is 18.5 Å². The predicted octanol–water partition coefficient (Wildman–Crippen LogP) is 1.60. The third kappa shape index (κ3) is 1.07. The van der Waals surface area contributed by atoms with Crippen molar-refractivity contribution >= 4 is 10.9 Å². The van der Waals surface area contributed by atoms with Gasteiger partial charge in [0.1, 0.15) is 0 Å². The summed E-state index contributed by atoms with van der Waals surface area (Å²) in [4.78, 5) is 4.09. The first-order valence-electron chi connectivity index (χ1n) is 4.88. The standard InChI is InChI=1S/C10H11N3O/c1-2-6-14-10-8-7-11-4-3-9(8)12-13(10)5-1/h3-4,7H,1-2,5-6H2. The highest BCUT2D eigenvalue weighted by molar-refractivity contribution is 5.83. The lowest BCUT2D eigenvalue weighted by atomic mass is 10.3. The van der Waals surface area contributed by atoms with Crippen LogP contribution < -0.4 is 4.74 Å². The number of hydrogen-bond donors (Lipinski definition) is 0. The molecule has 4 heteroatoms. The van der Waals surface area contributed by atoms with Crippen molar-refractivity contribution in [2.24, 2.45) is 0 Å². The maximum atomic E-state index is 5.66. The first-order valence-corrected chi connectivity index (χ1v) is 4.88. The number of fused-ring (bicyclic) bond motifs is 3. The highest BCUT2D eigenvalue weighted by atomic mass is 16.5. The van der Waals surface area contributed by atoms with Crippen LogP contribution in [0.4, 0.5) is 0 Å². The molecule has 1 aliphatic heterocycles. The molecule has 0 spiro atoms. The fraction of sp³-hybridized carbons (Fsp3) is 0.400. The summed E-state index contributed by atoms with van der Waals surface area (Å²) in [7, 11) is 0. The van der Waals surface area contributed by atoms with Crippen LogP contribution in [0.3, 0.4) is 0 Å². The zero-order valence-electron chi connectivity index (χ0n) is 7.81. The van der Waals surface area contributed by atoms with Gasteiger partial charge in [0.2, 0.25) is 5.88 Å². The summed E-state index contributed by atoms with van der Waals surface area (Å²) < 4.78 is 7.61. The van der Waals surface area contributed by atoms with Gasteiger partial charge in [0.25, 0.3) is 0 Å². The van der Waals surface area contributed by atoms with Crippen LogP contribution in [0, 0.1) is 0 Å². The van der Waals surface area contributed by atoms with E-state index in [1.54, 1.807) is 6.20 Å². The van der Waals surface area contributed by atoms with Crippen LogP contribution in [0.25, 0.3) is 10.9 Å². The van der Waals surface area contributed by atoms with Gasteiger partial charge >= 0.3 is 0 Å². The third-order valence-corrected chi connectivity index (χ3v) is 2.49. The van der Waals surface area contributed by atoms with Gasteiger partial charge in [0.15, 0.2) is 0 Å². The fourth-order valence-electron chi connectivity index (χ4n) is 1.79. The van der Waals surface area contributed by atoms with E-state index in [1.165, 1.54) is 0 Å². The van der Waals surface area contributed by atoms with E-state index in [-0.39, 0.29) is 0 Å².